The van der Waals surface area contributed by atoms with Gasteiger partial charge in [-0.15, -0.1) is 12.4 Å². The van der Waals surface area contributed by atoms with Gasteiger partial charge in [0, 0.05) is 19.1 Å². The van der Waals surface area contributed by atoms with Crippen LogP contribution in [0.1, 0.15) is 41.8 Å². The van der Waals surface area contributed by atoms with Gasteiger partial charge >= 0.3 is 0 Å². The molecule has 1 fully saturated rings. The van der Waals surface area contributed by atoms with Crippen LogP contribution in [0.15, 0.2) is 36.4 Å². The third-order valence-corrected chi connectivity index (χ3v) is 5.64. The summed E-state index contributed by atoms with van der Waals surface area (Å²) >= 11 is 0. The van der Waals surface area contributed by atoms with Crippen molar-refractivity contribution in [3.05, 3.63) is 58.9 Å². The molecule has 1 saturated heterocycles. The van der Waals surface area contributed by atoms with Gasteiger partial charge in [-0.2, -0.15) is 0 Å². The maximum atomic E-state index is 14.7. The Morgan fingerprint density at radius 3 is 2.33 bits per heavy atom. The Balaban J connectivity index is 0.00000261. The fraction of sp³-hybridized carbons (Fsp3) is 0.409. The average Bonchev–Trinajstić information content (AvgIpc) is 2.59. The number of nitrogens with two attached hydrogens (primary N) is 1. The molecule has 146 valence electrons. The molecular formula is C22H28ClFN2O. The van der Waals surface area contributed by atoms with Crippen molar-refractivity contribution in [2.75, 3.05) is 13.1 Å². The molecule has 1 atom stereocenters. The molecule has 2 aromatic rings. The number of halogens is 2. The number of nitrogens with zero attached hydrogens (tertiary/aromatic N) is 1. The molecule has 1 aliphatic rings. The van der Waals surface area contributed by atoms with Crippen LogP contribution in [-0.4, -0.2) is 29.9 Å². The number of carbonyl (C=O) groups is 1. The summed E-state index contributed by atoms with van der Waals surface area (Å²) in [7, 11) is 0. The van der Waals surface area contributed by atoms with Crippen LogP contribution in [0.3, 0.4) is 0 Å². The molecule has 2 N–H and O–H groups in total. The molecule has 3 rings (SSSR count). The van der Waals surface area contributed by atoms with Gasteiger partial charge in [-0.25, -0.2) is 4.39 Å². The summed E-state index contributed by atoms with van der Waals surface area (Å²) in [6.45, 7) is 9.31. The Morgan fingerprint density at radius 1 is 1.11 bits per heavy atom. The van der Waals surface area contributed by atoms with E-state index in [1.165, 1.54) is 11.6 Å². The van der Waals surface area contributed by atoms with E-state index in [0.717, 1.165) is 23.1 Å². The van der Waals surface area contributed by atoms with Crippen molar-refractivity contribution in [1.29, 1.82) is 0 Å². The second kappa shape index (κ2) is 7.99. The van der Waals surface area contributed by atoms with Crippen LogP contribution in [0.2, 0.25) is 0 Å². The molecule has 1 aliphatic heterocycles. The van der Waals surface area contributed by atoms with Crippen LogP contribution in [0.4, 0.5) is 4.39 Å². The van der Waals surface area contributed by atoms with E-state index in [1.54, 1.807) is 11.0 Å². The third-order valence-electron chi connectivity index (χ3n) is 5.64. The Kier molecular flexibility index (Phi) is 6.33. The largest absolute Gasteiger partial charge is 0.338 e. The second-order valence-electron chi connectivity index (χ2n) is 8.10. The van der Waals surface area contributed by atoms with Crippen LogP contribution in [0.25, 0.3) is 11.1 Å². The summed E-state index contributed by atoms with van der Waals surface area (Å²) in [5, 5.41) is 0. The first-order chi connectivity index (χ1) is 12.2. The molecule has 5 heteroatoms. The monoisotopic (exact) mass is 390 g/mol. The van der Waals surface area contributed by atoms with Crippen LogP contribution in [0, 0.1) is 25.1 Å². The lowest BCUT2D eigenvalue weighted by molar-refractivity contribution is 0.0528. The number of rotatable bonds is 2. The van der Waals surface area contributed by atoms with E-state index >= 15 is 0 Å². The summed E-state index contributed by atoms with van der Waals surface area (Å²) < 4.78 is 14.7. The maximum absolute atomic E-state index is 14.7. The van der Waals surface area contributed by atoms with E-state index in [1.807, 2.05) is 38.1 Å². The topological polar surface area (TPSA) is 46.3 Å². The molecule has 0 aromatic heterocycles. The number of hydrogen-bond donors (Lipinski definition) is 1. The normalized spacial score (nSPS) is 18.7. The Bertz CT molecular complexity index is 850. The number of carbonyl (C=O) groups excluding carboxylic acids is 1. The quantitative estimate of drug-likeness (QED) is 0.805. The lowest BCUT2D eigenvalue weighted by Gasteiger charge is -2.42. The van der Waals surface area contributed by atoms with Gasteiger partial charge in [0.05, 0.1) is 5.56 Å². The molecular weight excluding hydrogens is 363 g/mol. The van der Waals surface area contributed by atoms with Crippen LogP contribution in [-0.2, 0) is 0 Å². The van der Waals surface area contributed by atoms with Gasteiger partial charge in [0.2, 0.25) is 0 Å². The third kappa shape index (κ3) is 4.33. The first kappa shape index (κ1) is 21.4. The molecule has 1 heterocycles. The minimum absolute atomic E-state index is 0. The zero-order chi connectivity index (χ0) is 19.1. The average molecular weight is 391 g/mol. The number of likely N-dealkylation sites (tertiary alicyclic amines) is 1. The molecule has 3 nitrogen and oxygen atoms in total. The molecule has 2 aromatic carbocycles. The van der Waals surface area contributed by atoms with Gasteiger partial charge in [0.1, 0.15) is 5.82 Å². The van der Waals surface area contributed by atoms with E-state index in [4.69, 9.17) is 5.73 Å². The first-order valence-corrected chi connectivity index (χ1v) is 9.11. The molecule has 1 unspecified atom stereocenters. The van der Waals surface area contributed by atoms with Crippen molar-refractivity contribution >= 4 is 18.3 Å². The van der Waals surface area contributed by atoms with Crippen molar-refractivity contribution in [2.24, 2.45) is 11.1 Å². The summed E-state index contributed by atoms with van der Waals surface area (Å²) in [6, 6.07) is 11.0. The highest BCUT2D eigenvalue weighted by atomic mass is 35.5. The van der Waals surface area contributed by atoms with Gasteiger partial charge in [0.25, 0.3) is 5.91 Å². The van der Waals surface area contributed by atoms with Crippen molar-refractivity contribution in [3.8, 4) is 11.1 Å². The molecule has 0 radical (unpaired) electrons. The van der Waals surface area contributed by atoms with Crippen molar-refractivity contribution < 1.29 is 9.18 Å². The van der Waals surface area contributed by atoms with E-state index < -0.39 is 5.82 Å². The van der Waals surface area contributed by atoms with Gasteiger partial charge in [-0.05, 0) is 60.1 Å². The van der Waals surface area contributed by atoms with Crippen molar-refractivity contribution in [1.82, 2.24) is 4.90 Å². The van der Waals surface area contributed by atoms with Crippen molar-refractivity contribution in [3.63, 3.8) is 0 Å². The zero-order valence-electron chi connectivity index (χ0n) is 16.4. The molecule has 1 amide bonds. The fourth-order valence-electron chi connectivity index (χ4n) is 3.51. The van der Waals surface area contributed by atoms with E-state index in [0.29, 0.717) is 13.1 Å². The highest BCUT2D eigenvalue weighted by molar-refractivity contribution is 5.95. The van der Waals surface area contributed by atoms with Crippen LogP contribution < -0.4 is 5.73 Å². The predicted molar refractivity (Wildman–Crippen MR) is 111 cm³/mol. The van der Waals surface area contributed by atoms with Gasteiger partial charge < -0.3 is 10.6 Å². The fourth-order valence-corrected chi connectivity index (χ4v) is 3.51. The molecule has 0 aliphatic carbocycles. The molecule has 0 spiro atoms. The van der Waals surface area contributed by atoms with Gasteiger partial charge in [0.15, 0.2) is 0 Å². The lowest BCUT2D eigenvalue weighted by atomic mass is 9.79. The highest BCUT2D eigenvalue weighted by Crippen LogP contribution is 2.30. The zero-order valence-corrected chi connectivity index (χ0v) is 17.2. The second-order valence-corrected chi connectivity index (χ2v) is 8.10. The van der Waals surface area contributed by atoms with Crippen LogP contribution >= 0.6 is 12.4 Å². The Hall–Kier alpha value is -1.91. The van der Waals surface area contributed by atoms with E-state index in [9.17, 15) is 9.18 Å². The number of benzene rings is 2. The Morgan fingerprint density at radius 2 is 1.74 bits per heavy atom. The van der Waals surface area contributed by atoms with E-state index in [-0.39, 0.29) is 35.3 Å². The number of hydrogen-bond acceptors (Lipinski definition) is 2. The molecule has 27 heavy (non-hydrogen) atoms. The van der Waals surface area contributed by atoms with Gasteiger partial charge in [-0.1, -0.05) is 38.1 Å². The summed E-state index contributed by atoms with van der Waals surface area (Å²) in [5.74, 6) is -0.729. The van der Waals surface area contributed by atoms with E-state index in [2.05, 4.69) is 13.8 Å². The predicted octanol–water partition coefficient (Wildman–Crippen LogP) is 4.73. The minimum atomic E-state index is -0.474. The number of piperidine rings is 1. The highest BCUT2D eigenvalue weighted by Gasteiger charge is 2.36. The van der Waals surface area contributed by atoms with Crippen LogP contribution in [0.5, 0.6) is 0 Å². The first-order valence-electron chi connectivity index (χ1n) is 9.11. The summed E-state index contributed by atoms with van der Waals surface area (Å²) in [4.78, 5) is 14.5. The lowest BCUT2D eigenvalue weighted by Crippen LogP contribution is -2.54. The van der Waals surface area contributed by atoms with Crippen molar-refractivity contribution in [2.45, 2.75) is 40.2 Å². The Labute approximate surface area is 167 Å². The molecule has 0 saturated carbocycles. The summed E-state index contributed by atoms with van der Waals surface area (Å²) in [5.41, 5.74) is 10.2. The minimum Gasteiger partial charge on any atom is -0.338 e. The van der Waals surface area contributed by atoms with Gasteiger partial charge in [-0.3, -0.25) is 4.79 Å². The summed E-state index contributed by atoms with van der Waals surface area (Å²) in [6.07, 6.45) is 0.737. The SMILES string of the molecule is Cc1ccc(-c2ccc(C(=O)N3CCC(N)C(C)(C)C3)c(F)c2)cc1C.Cl. The standard InChI is InChI=1S/C22H27FN2O.ClH/c1-14-5-6-16(11-15(14)2)17-7-8-18(19(23)12-17)21(26)25-10-9-20(24)22(3,4)13-25;/h5-8,11-12,20H,9-10,13,24H2,1-4H3;1H. The smallest absolute Gasteiger partial charge is 0.256 e. The molecule has 0 bridgehead atoms. The maximum Gasteiger partial charge on any atom is 0.256 e. The number of amides is 1. The number of aryl methyl sites for hydroxylation is 2.